The molecule has 0 aromatic rings. The fourth-order valence-electron chi connectivity index (χ4n) is 0.717. The van der Waals surface area contributed by atoms with Crippen molar-refractivity contribution in [1.82, 2.24) is 10.2 Å². The Balaban J connectivity index is 3.37. The third-order valence-electron chi connectivity index (χ3n) is 1.85. The Morgan fingerprint density at radius 2 is 2.25 bits per heavy atom. The molecule has 0 amide bonds. The van der Waals surface area contributed by atoms with Crippen LogP contribution in [0.4, 0.5) is 0 Å². The summed E-state index contributed by atoms with van der Waals surface area (Å²) in [5.74, 6) is -0.797. The van der Waals surface area contributed by atoms with Crippen molar-refractivity contribution in [3.63, 3.8) is 0 Å². The van der Waals surface area contributed by atoms with Crippen LogP contribution in [0.3, 0.4) is 0 Å². The smallest absolute Gasteiger partial charge is 0.320 e. The average molecular weight is 174 g/mol. The Kier molecular flexibility index (Phi) is 5.66. The van der Waals surface area contributed by atoms with Crippen LogP contribution in [0.5, 0.6) is 0 Å². The number of hydrogen-bond acceptors (Lipinski definition) is 3. The van der Waals surface area contributed by atoms with Crippen molar-refractivity contribution in [2.45, 2.75) is 19.9 Å². The Hall–Kier alpha value is -0.610. The normalized spacial score (nSPS) is 13.3. The number of carboxylic acids is 1. The van der Waals surface area contributed by atoms with E-state index in [9.17, 15) is 4.79 Å². The molecule has 0 spiro atoms. The van der Waals surface area contributed by atoms with Crippen LogP contribution >= 0.6 is 0 Å². The van der Waals surface area contributed by atoms with Gasteiger partial charge in [0.05, 0.1) is 0 Å². The maximum atomic E-state index is 10.4. The standard InChI is InChI=1S/C8H18N2O2/c1-4-10(3)6-5-9-7(2)8(11)12/h7,9H,4-6H2,1-3H3,(H,11,12). The lowest BCUT2D eigenvalue weighted by molar-refractivity contribution is -0.139. The van der Waals surface area contributed by atoms with Gasteiger partial charge in [-0.1, -0.05) is 6.92 Å². The summed E-state index contributed by atoms with van der Waals surface area (Å²) >= 11 is 0. The Morgan fingerprint density at radius 3 is 2.67 bits per heavy atom. The summed E-state index contributed by atoms with van der Waals surface area (Å²) in [7, 11) is 2.01. The Bertz CT molecular complexity index is 139. The molecule has 0 heterocycles. The molecule has 0 rings (SSSR count). The van der Waals surface area contributed by atoms with E-state index in [4.69, 9.17) is 5.11 Å². The second kappa shape index (κ2) is 5.97. The highest BCUT2D eigenvalue weighted by Crippen LogP contribution is 1.82. The van der Waals surface area contributed by atoms with E-state index < -0.39 is 12.0 Å². The second-order valence-electron chi connectivity index (χ2n) is 2.91. The molecule has 12 heavy (non-hydrogen) atoms. The molecule has 0 saturated carbocycles. The molecule has 0 saturated heterocycles. The molecule has 0 fully saturated rings. The minimum atomic E-state index is -0.797. The summed E-state index contributed by atoms with van der Waals surface area (Å²) in [5.41, 5.74) is 0. The highest BCUT2D eigenvalue weighted by molar-refractivity contribution is 5.72. The Morgan fingerprint density at radius 1 is 1.67 bits per heavy atom. The van der Waals surface area contributed by atoms with E-state index in [2.05, 4.69) is 17.1 Å². The van der Waals surface area contributed by atoms with Gasteiger partial charge in [0, 0.05) is 13.1 Å². The molecule has 0 aromatic heterocycles. The lowest BCUT2D eigenvalue weighted by Crippen LogP contribution is -2.38. The van der Waals surface area contributed by atoms with Crippen molar-refractivity contribution in [1.29, 1.82) is 0 Å². The zero-order valence-corrected chi connectivity index (χ0v) is 8.00. The van der Waals surface area contributed by atoms with Crippen molar-refractivity contribution in [2.75, 3.05) is 26.7 Å². The van der Waals surface area contributed by atoms with Gasteiger partial charge in [0.25, 0.3) is 0 Å². The molecule has 1 unspecified atom stereocenters. The van der Waals surface area contributed by atoms with Crippen molar-refractivity contribution >= 4 is 5.97 Å². The summed E-state index contributed by atoms with van der Waals surface area (Å²) in [4.78, 5) is 12.5. The van der Waals surface area contributed by atoms with E-state index in [0.29, 0.717) is 0 Å². The molecule has 0 radical (unpaired) electrons. The fraction of sp³-hybridized carbons (Fsp3) is 0.875. The topological polar surface area (TPSA) is 52.6 Å². The van der Waals surface area contributed by atoms with Crippen LogP contribution in [0, 0.1) is 0 Å². The van der Waals surface area contributed by atoms with Gasteiger partial charge in [-0.15, -0.1) is 0 Å². The van der Waals surface area contributed by atoms with E-state index in [1.54, 1.807) is 6.92 Å². The quantitative estimate of drug-likeness (QED) is 0.595. The predicted octanol–water partition coefficient (Wildman–Crippen LogP) is 0.000800. The number of nitrogens with one attached hydrogen (secondary N) is 1. The number of nitrogens with zero attached hydrogens (tertiary/aromatic N) is 1. The van der Waals surface area contributed by atoms with Gasteiger partial charge in [-0.25, -0.2) is 0 Å². The monoisotopic (exact) mass is 174 g/mol. The van der Waals surface area contributed by atoms with E-state index in [1.807, 2.05) is 7.05 Å². The van der Waals surface area contributed by atoms with Gasteiger partial charge in [0.2, 0.25) is 0 Å². The third-order valence-corrected chi connectivity index (χ3v) is 1.85. The molecule has 1 atom stereocenters. The lowest BCUT2D eigenvalue weighted by atomic mass is 10.3. The number of carbonyl (C=O) groups is 1. The summed E-state index contributed by atoms with van der Waals surface area (Å²) in [6.07, 6.45) is 0. The van der Waals surface area contributed by atoms with Gasteiger partial charge in [0.1, 0.15) is 6.04 Å². The predicted molar refractivity (Wildman–Crippen MR) is 48.3 cm³/mol. The van der Waals surface area contributed by atoms with Crippen LogP contribution in [0.25, 0.3) is 0 Å². The lowest BCUT2D eigenvalue weighted by Gasteiger charge is -2.15. The van der Waals surface area contributed by atoms with Crippen molar-refractivity contribution in [2.24, 2.45) is 0 Å². The van der Waals surface area contributed by atoms with Crippen LogP contribution in [-0.2, 0) is 4.79 Å². The average Bonchev–Trinajstić information content (AvgIpc) is 2.03. The molecule has 0 aliphatic carbocycles. The minimum Gasteiger partial charge on any atom is -0.480 e. The first-order valence-corrected chi connectivity index (χ1v) is 4.22. The van der Waals surface area contributed by atoms with Crippen LogP contribution < -0.4 is 5.32 Å². The molecule has 0 aliphatic heterocycles. The van der Waals surface area contributed by atoms with Crippen LogP contribution in [0.15, 0.2) is 0 Å². The number of hydrogen-bond donors (Lipinski definition) is 2. The number of carboxylic acid groups (broad SMARTS) is 1. The van der Waals surface area contributed by atoms with Crippen molar-refractivity contribution in [3.05, 3.63) is 0 Å². The van der Waals surface area contributed by atoms with Crippen molar-refractivity contribution in [3.8, 4) is 0 Å². The van der Waals surface area contributed by atoms with Crippen LogP contribution in [0.1, 0.15) is 13.8 Å². The van der Waals surface area contributed by atoms with E-state index in [0.717, 1.165) is 19.6 Å². The SMILES string of the molecule is CCN(C)CCNC(C)C(=O)O. The molecule has 0 aromatic carbocycles. The molecule has 4 heteroatoms. The van der Waals surface area contributed by atoms with Gasteiger partial charge in [-0.3, -0.25) is 4.79 Å². The summed E-state index contributed by atoms with van der Waals surface area (Å²) < 4.78 is 0. The summed E-state index contributed by atoms with van der Waals surface area (Å²) in [6.45, 7) is 6.31. The van der Waals surface area contributed by atoms with Crippen LogP contribution in [0.2, 0.25) is 0 Å². The number of rotatable bonds is 6. The zero-order chi connectivity index (χ0) is 9.56. The molecular weight excluding hydrogens is 156 g/mol. The first kappa shape index (κ1) is 11.4. The minimum absolute atomic E-state index is 0.449. The maximum absolute atomic E-state index is 10.4. The van der Waals surface area contributed by atoms with Crippen molar-refractivity contribution < 1.29 is 9.90 Å². The van der Waals surface area contributed by atoms with E-state index in [1.165, 1.54) is 0 Å². The van der Waals surface area contributed by atoms with Crippen LogP contribution in [-0.4, -0.2) is 48.7 Å². The van der Waals surface area contributed by atoms with Gasteiger partial charge in [-0.2, -0.15) is 0 Å². The van der Waals surface area contributed by atoms with E-state index in [-0.39, 0.29) is 0 Å². The number of likely N-dealkylation sites (N-methyl/N-ethyl adjacent to an activating group) is 1. The summed E-state index contributed by atoms with van der Waals surface area (Å²) in [5, 5.41) is 11.4. The molecule has 0 aliphatic rings. The largest absolute Gasteiger partial charge is 0.480 e. The van der Waals surface area contributed by atoms with Gasteiger partial charge >= 0.3 is 5.97 Å². The van der Waals surface area contributed by atoms with Gasteiger partial charge in [0.15, 0.2) is 0 Å². The van der Waals surface area contributed by atoms with Gasteiger partial charge in [-0.05, 0) is 20.5 Å². The fourth-order valence-corrected chi connectivity index (χ4v) is 0.717. The summed E-state index contributed by atoms with van der Waals surface area (Å²) in [6, 6.07) is -0.449. The zero-order valence-electron chi connectivity index (χ0n) is 8.00. The second-order valence-corrected chi connectivity index (χ2v) is 2.91. The van der Waals surface area contributed by atoms with Gasteiger partial charge < -0.3 is 15.3 Å². The first-order chi connectivity index (χ1) is 5.57. The molecule has 2 N–H and O–H groups in total. The molecule has 0 bridgehead atoms. The number of aliphatic carboxylic acids is 1. The molecular formula is C8H18N2O2. The highest BCUT2D eigenvalue weighted by atomic mass is 16.4. The Labute approximate surface area is 73.6 Å². The first-order valence-electron chi connectivity index (χ1n) is 4.22. The maximum Gasteiger partial charge on any atom is 0.320 e. The third kappa shape index (κ3) is 5.09. The molecule has 4 nitrogen and oxygen atoms in total. The molecule has 72 valence electrons. The highest BCUT2D eigenvalue weighted by Gasteiger charge is 2.08. The van der Waals surface area contributed by atoms with E-state index >= 15 is 0 Å².